The van der Waals surface area contributed by atoms with Crippen LogP contribution in [0.25, 0.3) is 0 Å². The Kier molecular flexibility index (Phi) is 5.57. The number of amides is 2. The minimum Gasteiger partial charge on any atom is -0.508 e. The van der Waals surface area contributed by atoms with E-state index in [0.717, 1.165) is 6.42 Å². The highest BCUT2D eigenvalue weighted by Gasteiger charge is 2.15. The van der Waals surface area contributed by atoms with Crippen molar-refractivity contribution >= 4 is 11.7 Å². The fraction of sp³-hybridized carbons (Fsp3) is 0.278. The van der Waals surface area contributed by atoms with Gasteiger partial charge in [-0.05, 0) is 43.2 Å². The molecular formula is C18H21FN2O2. The molecular weight excluding hydrogens is 295 g/mol. The third-order valence-corrected chi connectivity index (χ3v) is 3.54. The summed E-state index contributed by atoms with van der Waals surface area (Å²) in [5.74, 6) is -0.137. The molecule has 0 atom stereocenters. The zero-order valence-electron chi connectivity index (χ0n) is 13.3. The number of carbonyl (C=O) groups excluding carboxylic acids is 1. The smallest absolute Gasteiger partial charge is 0.322 e. The highest BCUT2D eigenvalue weighted by molar-refractivity contribution is 5.89. The number of nitrogens with one attached hydrogen (secondary N) is 1. The van der Waals surface area contributed by atoms with Gasteiger partial charge in [0, 0.05) is 17.8 Å². The maximum Gasteiger partial charge on any atom is 0.322 e. The Morgan fingerprint density at radius 2 is 2.00 bits per heavy atom. The first-order valence-electron chi connectivity index (χ1n) is 7.60. The number of phenolic OH excluding ortho intramolecular Hbond substituents is 1. The van der Waals surface area contributed by atoms with E-state index in [-0.39, 0.29) is 17.6 Å². The van der Waals surface area contributed by atoms with E-state index in [1.165, 1.54) is 12.1 Å². The minimum absolute atomic E-state index is 0.166. The second-order valence-corrected chi connectivity index (χ2v) is 5.44. The molecule has 23 heavy (non-hydrogen) atoms. The van der Waals surface area contributed by atoms with Crippen LogP contribution in [-0.2, 0) is 6.54 Å². The van der Waals surface area contributed by atoms with E-state index in [0.29, 0.717) is 29.9 Å². The van der Waals surface area contributed by atoms with Crippen LogP contribution >= 0.6 is 0 Å². The van der Waals surface area contributed by atoms with Crippen LogP contribution in [0.2, 0.25) is 0 Å². The number of carbonyl (C=O) groups is 1. The molecule has 0 heterocycles. The van der Waals surface area contributed by atoms with Gasteiger partial charge in [0.1, 0.15) is 11.6 Å². The SMILES string of the molecule is CCCN(Cc1ccccc1O)C(=O)Nc1ccc(F)c(C)c1. The molecule has 0 aliphatic rings. The molecule has 2 aromatic rings. The Morgan fingerprint density at radius 1 is 1.26 bits per heavy atom. The first-order chi connectivity index (χ1) is 11.0. The van der Waals surface area contributed by atoms with Crippen LogP contribution in [0.1, 0.15) is 24.5 Å². The van der Waals surface area contributed by atoms with Gasteiger partial charge in [-0.1, -0.05) is 25.1 Å². The van der Waals surface area contributed by atoms with Gasteiger partial charge < -0.3 is 15.3 Å². The summed E-state index contributed by atoms with van der Waals surface area (Å²) in [6, 6.07) is 11.1. The summed E-state index contributed by atoms with van der Waals surface area (Å²) in [5, 5.41) is 12.6. The molecule has 0 bridgehead atoms. The van der Waals surface area contributed by atoms with E-state index < -0.39 is 0 Å². The van der Waals surface area contributed by atoms with Gasteiger partial charge in [0.2, 0.25) is 0 Å². The van der Waals surface area contributed by atoms with E-state index in [9.17, 15) is 14.3 Å². The van der Waals surface area contributed by atoms with Crippen LogP contribution in [0, 0.1) is 12.7 Å². The number of phenols is 1. The lowest BCUT2D eigenvalue weighted by molar-refractivity contribution is 0.208. The number of benzene rings is 2. The maximum atomic E-state index is 13.3. The number of aryl methyl sites for hydroxylation is 1. The molecule has 4 nitrogen and oxygen atoms in total. The van der Waals surface area contributed by atoms with E-state index in [2.05, 4.69) is 5.32 Å². The van der Waals surface area contributed by atoms with Gasteiger partial charge in [0.05, 0.1) is 6.54 Å². The molecule has 0 aromatic heterocycles. The van der Waals surface area contributed by atoms with Gasteiger partial charge >= 0.3 is 6.03 Å². The highest BCUT2D eigenvalue weighted by Crippen LogP contribution is 2.19. The Morgan fingerprint density at radius 3 is 2.65 bits per heavy atom. The highest BCUT2D eigenvalue weighted by atomic mass is 19.1. The molecule has 0 saturated heterocycles. The Balaban J connectivity index is 2.11. The van der Waals surface area contributed by atoms with Crippen LogP contribution in [0.5, 0.6) is 5.75 Å². The van der Waals surface area contributed by atoms with Crippen LogP contribution in [0.4, 0.5) is 14.9 Å². The number of aromatic hydroxyl groups is 1. The number of halogens is 1. The number of hydrogen-bond acceptors (Lipinski definition) is 2. The lowest BCUT2D eigenvalue weighted by Crippen LogP contribution is -2.35. The van der Waals surface area contributed by atoms with Crippen molar-refractivity contribution in [1.29, 1.82) is 0 Å². The summed E-state index contributed by atoms with van der Waals surface area (Å²) in [6.45, 7) is 4.50. The first-order valence-corrected chi connectivity index (χ1v) is 7.60. The van der Waals surface area contributed by atoms with Crippen LogP contribution in [0.15, 0.2) is 42.5 Å². The molecule has 122 valence electrons. The zero-order chi connectivity index (χ0) is 16.8. The van der Waals surface area contributed by atoms with Crippen LogP contribution in [0.3, 0.4) is 0 Å². The Bertz CT molecular complexity index is 688. The largest absolute Gasteiger partial charge is 0.508 e. The van der Waals surface area contributed by atoms with Gasteiger partial charge in [-0.25, -0.2) is 9.18 Å². The number of para-hydroxylation sites is 1. The van der Waals surface area contributed by atoms with Gasteiger partial charge in [-0.2, -0.15) is 0 Å². The van der Waals surface area contributed by atoms with E-state index in [4.69, 9.17) is 0 Å². The summed E-state index contributed by atoms with van der Waals surface area (Å²) >= 11 is 0. The van der Waals surface area contributed by atoms with Gasteiger partial charge in [0.25, 0.3) is 0 Å². The van der Waals surface area contributed by atoms with E-state index >= 15 is 0 Å². The molecule has 0 spiro atoms. The van der Waals surface area contributed by atoms with Crippen molar-refractivity contribution in [3.63, 3.8) is 0 Å². The Labute approximate surface area is 135 Å². The van der Waals surface area contributed by atoms with Crippen molar-refractivity contribution in [2.24, 2.45) is 0 Å². The molecule has 0 radical (unpaired) electrons. The number of rotatable bonds is 5. The molecule has 2 N–H and O–H groups in total. The lowest BCUT2D eigenvalue weighted by atomic mass is 10.2. The summed E-state index contributed by atoms with van der Waals surface area (Å²) in [5.41, 5.74) is 1.71. The van der Waals surface area contributed by atoms with Gasteiger partial charge in [-0.3, -0.25) is 0 Å². The number of anilines is 1. The van der Waals surface area contributed by atoms with E-state index in [1.54, 1.807) is 36.1 Å². The van der Waals surface area contributed by atoms with Crippen molar-refractivity contribution in [3.05, 3.63) is 59.4 Å². The summed E-state index contributed by atoms with van der Waals surface area (Å²) in [6.07, 6.45) is 0.795. The average Bonchev–Trinajstić information content (AvgIpc) is 2.52. The van der Waals surface area contributed by atoms with Crippen molar-refractivity contribution < 1.29 is 14.3 Å². The molecule has 2 amide bonds. The van der Waals surface area contributed by atoms with Gasteiger partial charge in [0.15, 0.2) is 0 Å². The molecule has 0 aliphatic carbocycles. The fourth-order valence-electron chi connectivity index (χ4n) is 2.30. The fourth-order valence-corrected chi connectivity index (χ4v) is 2.30. The second-order valence-electron chi connectivity index (χ2n) is 5.44. The van der Waals surface area contributed by atoms with Gasteiger partial charge in [-0.15, -0.1) is 0 Å². The first kappa shape index (κ1) is 16.8. The number of urea groups is 1. The predicted molar refractivity (Wildman–Crippen MR) is 89.0 cm³/mol. The molecule has 0 fully saturated rings. The third-order valence-electron chi connectivity index (χ3n) is 3.54. The zero-order valence-corrected chi connectivity index (χ0v) is 13.3. The molecule has 5 heteroatoms. The maximum absolute atomic E-state index is 13.3. The van der Waals surface area contributed by atoms with Crippen molar-refractivity contribution in [1.82, 2.24) is 4.90 Å². The number of nitrogens with zero attached hydrogens (tertiary/aromatic N) is 1. The summed E-state index contributed by atoms with van der Waals surface area (Å²) in [7, 11) is 0. The minimum atomic E-state index is -0.303. The predicted octanol–water partition coefficient (Wildman–Crippen LogP) is 4.28. The normalized spacial score (nSPS) is 10.4. The molecule has 0 aliphatic heterocycles. The molecule has 0 saturated carbocycles. The van der Waals surface area contributed by atoms with Crippen molar-refractivity contribution in [2.75, 3.05) is 11.9 Å². The second kappa shape index (κ2) is 7.63. The number of hydrogen-bond donors (Lipinski definition) is 2. The van der Waals surface area contributed by atoms with Crippen LogP contribution < -0.4 is 5.32 Å². The monoisotopic (exact) mass is 316 g/mol. The van der Waals surface area contributed by atoms with Crippen LogP contribution in [-0.4, -0.2) is 22.6 Å². The summed E-state index contributed by atoms with van der Waals surface area (Å²) < 4.78 is 13.3. The molecule has 2 aromatic carbocycles. The van der Waals surface area contributed by atoms with Crippen molar-refractivity contribution in [3.8, 4) is 5.75 Å². The van der Waals surface area contributed by atoms with Crippen molar-refractivity contribution in [2.45, 2.75) is 26.8 Å². The third kappa shape index (κ3) is 4.45. The summed E-state index contributed by atoms with van der Waals surface area (Å²) in [4.78, 5) is 14.1. The topological polar surface area (TPSA) is 52.6 Å². The average molecular weight is 316 g/mol. The molecule has 0 unspecified atom stereocenters. The lowest BCUT2D eigenvalue weighted by Gasteiger charge is -2.23. The van der Waals surface area contributed by atoms with E-state index in [1.807, 2.05) is 13.0 Å². The standard InChI is InChI=1S/C18H21FN2O2/c1-3-10-21(12-14-6-4-5-7-17(14)22)18(23)20-15-8-9-16(19)13(2)11-15/h4-9,11,22H,3,10,12H2,1-2H3,(H,20,23). The molecule has 2 rings (SSSR count). The quantitative estimate of drug-likeness (QED) is 0.865. The Hall–Kier alpha value is -2.56.